The van der Waals surface area contributed by atoms with E-state index < -0.39 is 5.97 Å². The molecule has 1 aromatic carbocycles. The lowest BCUT2D eigenvalue weighted by atomic mass is 9.92. The zero-order chi connectivity index (χ0) is 16.3. The summed E-state index contributed by atoms with van der Waals surface area (Å²) in [5, 5.41) is 4.45. The Balaban J connectivity index is 2.32. The number of hydrogen-bond acceptors (Lipinski definition) is 4. The fourth-order valence-electron chi connectivity index (χ4n) is 2.18. The molecule has 0 bridgehead atoms. The third-order valence-electron chi connectivity index (χ3n) is 3.13. The Bertz CT molecular complexity index is 717. The van der Waals surface area contributed by atoms with Crippen molar-refractivity contribution in [1.82, 2.24) is 4.98 Å². The zero-order valence-electron chi connectivity index (χ0n) is 13.3. The van der Waals surface area contributed by atoms with Crippen molar-refractivity contribution in [1.29, 1.82) is 0 Å². The van der Waals surface area contributed by atoms with Gasteiger partial charge in [0.1, 0.15) is 5.82 Å². The number of esters is 1. The molecule has 0 atom stereocenters. The molecule has 1 aromatic heterocycles. The monoisotopic (exact) mass is 300 g/mol. The number of carbonyl (C=O) groups excluding carboxylic acids is 2. The van der Waals surface area contributed by atoms with Crippen LogP contribution in [0.1, 0.15) is 37.6 Å². The van der Waals surface area contributed by atoms with Crippen LogP contribution < -0.4 is 5.32 Å². The summed E-state index contributed by atoms with van der Waals surface area (Å²) in [6.45, 7) is 6.02. The minimum Gasteiger partial charge on any atom is -0.465 e. The number of anilines is 1. The second kappa shape index (κ2) is 6.13. The molecule has 5 nitrogen and oxygen atoms in total. The van der Waals surface area contributed by atoms with Gasteiger partial charge in [-0.3, -0.25) is 4.79 Å². The molecule has 1 heterocycles. The third kappa shape index (κ3) is 3.81. The van der Waals surface area contributed by atoms with E-state index in [9.17, 15) is 9.59 Å². The van der Waals surface area contributed by atoms with Crippen molar-refractivity contribution in [2.24, 2.45) is 5.41 Å². The summed E-state index contributed by atoms with van der Waals surface area (Å²) in [5.41, 5.74) is 0.375. The average molecular weight is 300 g/mol. The van der Waals surface area contributed by atoms with Gasteiger partial charge in [-0.2, -0.15) is 0 Å². The van der Waals surface area contributed by atoms with Crippen molar-refractivity contribution in [3.05, 3.63) is 36.0 Å². The smallest absolute Gasteiger partial charge is 0.337 e. The first-order valence-electron chi connectivity index (χ1n) is 7.07. The van der Waals surface area contributed by atoms with Gasteiger partial charge in [0.05, 0.1) is 12.7 Å². The van der Waals surface area contributed by atoms with E-state index >= 15 is 0 Å². The summed E-state index contributed by atoms with van der Waals surface area (Å²) in [4.78, 5) is 27.9. The van der Waals surface area contributed by atoms with Crippen molar-refractivity contribution in [2.45, 2.75) is 27.2 Å². The molecule has 5 heteroatoms. The lowest BCUT2D eigenvalue weighted by molar-refractivity contribution is -0.117. The molecule has 1 amide bonds. The normalized spacial score (nSPS) is 11.3. The van der Waals surface area contributed by atoms with Crippen molar-refractivity contribution >= 4 is 28.5 Å². The first kappa shape index (κ1) is 15.9. The van der Waals surface area contributed by atoms with Gasteiger partial charge in [-0.15, -0.1) is 0 Å². The van der Waals surface area contributed by atoms with Crippen LogP contribution >= 0.6 is 0 Å². The fourth-order valence-corrected chi connectivity index (χ4v) is 2.18. The average Bonchev–Trinajstić information content (AvgIpc) is 2.44. The molecule has 0 saturated carbocycles. The minimum atomic E-state index is -0.392. The van der Waals surface area contributed by atoms with E-state index in [1.807, 2.05) is 20.8 Å². The zero-order valence-corrected chi connectivity index (χ0v) is 13.3. The molecule has 0 unspecified atom stereocenters. The number of nitrogens with zero attached hydrogens (tertiary/aromatic N) is 1. The first-order valence-corrected chi connectivity index (χ1v) is 7.07. The summed E-state index contributed by atoms with van der Waals surface area (Å²) in [5.74, 6) is 0.0322. The van der Waals surface area contributed by atoms with Crippen molar-refractivity contribution in [3.8, 4) is 0 Å². The fraction of sp³-hybridized carbons (Fsp3) is 0.353. The van der Waals surface area contributed by atoms with Crippen molar-refractivity contribution in [3.63, 3.8) is 0 Å². The van der Waals surface area contributed by atoms with Crippen LogP contribution in [0.2, 0.25) is 0 Å². The Morgan fingerprint density at radius 2 is 1.95 bits per heavy atom. The van der Waals surface area contributed by atoms with Crippen molar-refractivity contribution < 1.29 is 14.3 Å². The Hall–Kier alpha value is -2.43. The number of fused-ring (bicyclic) bond motifs is 1. The molecule has 0 aliphatic heterocycles. The molecule has 0 radical (unpaired) electrons. The van der Waals surface area contributed by atoms with E-state index in [2.05, 4.69) is 10.3 Å². The van der Waals surface area contributed by atoms with Crippen LogP contribution in [0.5, 0.6) is 0 Å². The highest BCUT2D eigenvalue weighted by molar-refractivity contribution is 6.03. The van der Waals surface area contributed by atoms with E-state index in [4.69, 9.17) is 4.74 Å². The Morgan fingerprint density at radius 3 is 2.59 bits per heavy atom. The maximum Gasteiger partial charge on any atom is 0.337 e. The maximum absolute atomic E-state index is 12.1. The molecule has 2 aromatic rings. The van der Waals surface area contributed by atoms with Crippen LogP contribution in [0.4, 0.5) is 5.82 Å². The Morgan fingerprint density at radius 1 is 1.23 bits per heavy atom. The SMILES string of the molecule is COC(=O)c1ccc2c(NC(=O)CC(C)(C)C)nccc2c1. The topological polar surface area (TPSA) is 68.3 Å². The highest BCUT2D eigenvalue weighted by Gasteiger charge is 2.17. The predicted octanol–water partition coefficient (Wildman–Crippen LogP) is 3.40. The number of pyridine rings is 1. The van der Waals surface area contributed by atoms with Crippen LogP contribution in [-0.4, -0.2) is 24.0 Å². The first-order chi connectivity index (χ1) is 10.3. The maximum atomic E-state index is 12.1. The Kier molecular flexibility index (Phi) is 4.45. The van der Waals surface area contributed by atoms with Crippen LogP contribution in [0.15, 0.2) is 30.5 Å². The lowest BCUT2D eigenvalue weighted by Crippen LogP contribution is -2.20. The molecule has 116 valence electrons. The molecule has 0 aliphatic carbocycles. The van der Waals surface area contributed by atoms with E-state index in [0.717, 1.165) is 10.8 Å². The Labute approximate surface area is 129 Å². The highest BCUT2D eigenvalue weighted by atomic mass is 16.5. The van der Waals surface area contributed by atoms with Gasteiger partial charge >= 0.3 is 5.97 Å². The van der Waals surface area contributed by atoms with Gasteiger partial charge in [-0.05, 0) is 35.1 Å². The van der Waals surface area contributed by atoms with E-state index in [1.54, 1.807) is 30.5 Å². The van der Waals surface area contributed by atoms with E-state index in [0.29, 0.717) is 17.8 Å². The predicted molar refractivity (Wildman–Crippen MR) is 85.8 cm³/mol. The second-order valence-corrected chi connectivity index (χ2v) is 6.37. The number of aromatic nitrogens is 1. The van der Waals surface area contributed by atoms with Gasteiger partial charge in [0.2, 0.25) is 5.91 Å². The van der Waals surface area contributed by atoms with Crippen LogP contribution in [-0.2, 0) is 9.53 Å². The van der Waals surface area contributed by atoms with Crippen LogP contribution in [0.25, 0.3) is 10.8 Å². The van der Waals surface area contributed by atoms with Crippen LogP contribution in [0.3, 0.4) is 0 Å². The number of hydrogen-bond donors (Lipinski definition) is 1. The summed E-state index contributed by atoms with van der Waals surface area (Å²) in [6.07, 6.45) is 2.02. The third-order valence-corrected chi connectivity index (χ3v) is 3.13. The molecule has 2 rings (SSSR count). The molecular formula is C17H20N2O3. The number of amides is 1. The molecule has 0 saturated heterocycles. The molecule has 1 N–H and O–H groups in total. The highest BCUT2D eigenvalue weighted by Crippen LogP contribution is 2.24. The van der Waals surface area contributed by atoms with Gasteiger partial charge in [0, 0.05) is 18.0 Å². The molecule has 22 heavy (non-hydrogen) atoms. The number of nitrogens with one attached hydrogen (secondary N) is 1. The van der Waals surface area contributed by atoms with Crippen LogP contribution in [0, 0.1) is 5.41 Å². The summed E-state index contributed by atoms with van der Waals surface area (Å²) in [6, 6.07) is 6.94. The number of benzene rings is 1. The largest absolute Gasteiger partial charge is 0.465 e. The number of methoxy groups -OCH3 is 1. The van der Waals surface area contributed by atoms with Gasteiger partial charge in [-0.25, -0.2) is 9.78 Å². The lowest BCUT2D eigenvalue weighted by Gasteiger charge is -2.17. The second-order valence-electron chi connectivity index (χ2n) is 6.37. The van der Waals surface area contributed by atoms with E-state index in [1.165, 1.54) is 7.11 Å². The minimum absolute atomic E-state index is 0.0791. The standard InChI is InChI=1S/C17H20N2O3/c1-17(2,3)10-14(20)19-15-13-6-5-12(16(21)22-4)9-11(13)7-8-18-15/h5-9H,10H2,1-4H3,(H,18,19,20). The van der Waals surface area contributed by atoms with Gasteiger partial charge < -0.3 is 10.1 Å². The quantitative estimate of drug-likeness (QED) is 0.882. The van der Waals surface area contributed by atoms with Gasteiger partial charge in [0.15, 0.2) is 0 Å². The molecule has 0 aliphatic rings. The summed E-state index contributed by atoms with van der Waals surface area (Å²) >= 11 is 0. The van der Waals surface area contributed by atoms with Gasteiger partial charge in [-0.1, -0.05) is 20.8 Å². The summed E-state index contributed by atoms with van der Waals surface area (Å²) < 4.78 is 4.71. The van der Waals surface area contributed by atoms with E-state index in [-0.39, 0.29) is 11.3 Å². The number of ether oxygens (including phenoxy) is 1. The van der Waals surface area contributed by atoms with Crippen molar-refractivity contribution in [2.75, 3.05) is 12.4 Å². The van der Waals surface area contributed by atoms with Gasteiger partial charge in [0.25, 0.3) is 0 Å². The molecular weight excluding hydrogens is 280 g/mol. The number of carbonyl (C=O) groups is 2. The number of rotatable bonds is 3. The molecule has 0 fully saturated rings. The summed E-state index contributed by atoms with van der Waals surface area (Å²) in [7, 11) is 1.34. The molecule has 0 spiro atoms.